The normalized spacial score (nSPS) is 11.2. The molecule has 2 aromatic carbocycles. The highest BCUT2D eigenvalue weighted by molar-refractivity contribution is 5.91. The van der Waals surface area contributed by atoms with Gasteiger partial charge in [0.15, 0.2) is 5.76 Å². The van der Waals surface area contributed by atoms with Crippen LogP contribution >= 0.6 is 0 Å². The zero-order valence-corrected chi connectivity index (χ0v) is 17.2. The quantitative estimate of drug-likeness (QED) is 0.407. The van der Waals surface area contributed by atoms with E-state index in [4.69, 9.17) is 13.9 Å². The van der Waals surface area contributed by atoms with E-state index in [0.29, 0.717) is 29.7 Å². The molecule has 1 heterocycles. The van der Waals surface area contributed by atoms with Crippen LogP contribution in [0.3, 0.4) is 0 Å². The summed E-state index contributed by atoms with van der Waals surface area (Å²) < 4.78 is 16.8. The van der Waals surface area contributed by atoms with Crippen LogP contribution in [0.25, 0.3) is 22.3 Å². The maximum atomic E-state index is 13.3. The monoisotopic (exact) mass is 408 g/mol. The lowest BCUT2D eigenvalue weighted by Gasteiger charge is -2.14. The summed E-state index contributed by atoms with van der Waals surface area (Å²) in [4.78, 5) is 13.3. The molecule has 0 aliphatic rings. The largest absolute Gasteiger partial charge is 0.507 e. The molecule has 0 aliphatic carbocycles. The van der Waals surface area contributed by atoms with Crippen molar-refractivity contribution in [3.8, 4) is 34.3 Å². The van der Waals surface area contributed by atoms with E-state index >= 15 is 0 Å². The average molecular weight is 408 g/mol. The lowest BCUT2D eigenvalue weighted by atomic mass is 10.0. The molecule has 0 unspecified atom stereocenters. The Morgan fingerprint density at radius 3 is 2.50 bits per heavy atom. The number of phenols is 2. The lowest BCUT2D eigenvalue weighted by Crippen LogP contribution is -2.09. The Bertz CT molecular complexity index is 1170. The Hall–Kier alpha value is -3.67. The fraction of sp³-hybridized carbons (Fsp3) is 0.208. The predicted octanol–water partition coefficient (Wildman–Crippen LogP) is 5.30. The van der Waals surface area contributed by atoms with Crippen molar-refractivity contribution in [3.63, 3.8) is 0 Å². The number of aryl methyl sites for hydroxylation is 1. The number of methoxy groups -OCH3 is 1. The molecule has 156 valence electrons. The molecule has 6 heteroatoms. The number of aromatic hydroxyl groups is 2. The number of hydrogen-bond donors (Lipinski definition) is 2. The molecule has 0 aliphatic heterocycles. The molecule has 30 heavy (non-hydrogen) atoms. The molecule has 0 saturated heterocycles. The number of allylic oxidation sites excluding steroid dienone is 2. The van der Waals surface area contributed by atoms with Crippen molar-refractivity contribution in [3.05, 3.63) is 70.6 Å². The number of fused-ring (bicyclic) bond motifs is 1. The minimum absolute atomic E-state index is 0.0405. The van der Waals surface area contributed by atoms with E-state index in [9.17, 15) is 15.0 Å². The first-order chi connectivity index (χ1) is 14.4. The molecule has 0 fully saturated rings. The Labute approximate surface area is 174 Å². The average Bonchev–Trinajstić information content (AvgIpc) is 2.72. The zero-order chi connectivity index (χ0) is 21.8. The third-order valence-electron chi connectivity index (χ3n) is 4.66. The molecule has 0 bridgehead atoms. The van der Waals surface area contributed by atoms with Crippen LogP contribution in [-0.2, 0) is 6.42 Å². The van der Waals surface area contributed by atoms with Crippen molar-refractivity contribution in [2.24, 2.45) is 0 Å². The van der Waals surface area contributed by atoms with Crippen molar-refractivity contribution >= 4 is 11.0 Å². The van der Waals surface area contributed by atoms with Crippen LogP contribution in [0.1, 0.15) is 25.8 Å². The van der Waals surface area contributed by atoms with Gasteiger partial charge in [-0.25, -0.2) is 0 Å². The van der Waals surface area contributed by atoms with Crippen LogP contribution in [0.5, 0.6) is 23.0 Å². The van der Waals surface area contributed by atoms with E-state index < -0.39 is 5.43 Å². The standard InChI is InChI=1S/C24H24O6/c1-5-12-29-24-21(27)20-19(26)13-18(25)17(11-6-14(2)3)23(20)30-22(24)15-7-9-16(28-4)10-8-15/h5,7-10,12-13,25-26H,2,6,11H2,1,3-4H3. The van der Waals surface area contributed by atoms with Crippen LogP contribution in [0.2, 0.25) is 0 Å². The maximum absolute atomic E-state index is 13.3. The Morgan fingerprint density at radius 1 is 1.20 bits per heavy atom. The molecule has 3 rings (SSSR count). The van der Waals surface area contributed by atoms with Crippen molar-refractivity contribution < 1.29 is 24.1 Å². The highest BCUT2D eigenvalue weighted by Gasteiger charge is 2.23. The summed E-state index contributed by atoms with van der Waals surface area (Å²) in [5.41, 5.74) is 1.52. The molecule has 2 N–H and O–H groups in total. The first-order valence-corrected chi connectivity index (χ1v) is 9.48. The van der Waals surface area contributed by atoms with Gasteiger partial charge in [0, 0.05) is 17.2 Å². The SMILES string of the molecule is C=C(C)CCc1c(O)cc(O)c2c(=O)c(OC=CC)c(-c3ccc(OC)cc3)oc12. The van der Waals surface area contributed by atoms with Crippen molar-refractivity contribution in [2.75, 3.05) is 7.11 Å². The van der Waals surface area contributed by atoms with Crippen LogP contribution in [0.4, 0.5) is 0 Å². The molecule has 0 saturated carbocycles. The smallest absolute Gasteiger partial charge is 0.239 e. The fourth-order valence-corrected chi connectivity index (χ4v) is 3.12. The molecule has 6 nitrogen and oxygen atoms in total. The van der Waals surface area contributed by atoms with Gasteiger partial charge in [0.05, 0.1) is 13.4 Å². The first kappa shape index (κ1) is 21.0. The number of rotatable bonds is 7. The van der Waals surface area contributed by atoms with Crippen LogP contribution in [0, 0.1) is 0 Å². The molecular weight excluding hydrogens is 384 g/mol. The highest BCUT2D eigenvalue weighted by Crippen LogP contribution is 2.39. The number of benzene rings is 2. The van der Waals surface area contributed by atoms with Gasteiger partial charge < -0.3 is 24.1 Å². The van der Waals surface area contributed by atoms with E-state index in [1.54, 1.807) is 44.4 Å². The minimum Gasteiger partial charge on any atom is -0.507 e. The number of hydrogen-bond acceptors (Lipinski definition) is 6. The van der Waals surface area contributed by atoms with Gasteiger partial charge >= 0.3 is 0 Å². The van der Waals surface area contributed by atoms with E-state index in [1.807, 2.05) is 6.92 Å². The van der Waals surface area contributed by atoms with Crippen molar-refractivity contribution in [1.82, 2.24) is 0 Å². The number of phenolic OH excluding ortho intramolecular Hbond substituents is 2. The second-order valence-electron chi connectivity index (χ2n) is 6.96. The van der Waals surface area contributed by atoms with Gasteiger partial charge in [-0.2, -0.15) is 0 Å². The molecule has 1 aromatic heterocycles. The van der Waals surface area contributed by atoms with E-state index in [1.165, 1.54) is 6.26 Å². The van der Waals surface area contributed by atoms with Crippen LogP contribution in [-0.4, -0.2) is 17.3 Å². The first-order valence-electron chi connectivity index (χ1n) is 9.48. The molecule has 0 amide bonds. The minimum atomic E-state index is -0.533. The van der Waals surface area contributed by atoms with Crippen molar-refractivity contribution in [2.45, 2.75) is 26.7 Å². The summed E-state index contributed by atoms with van der Waals surface area (Å²) in [6.07, 6.45) is 3.99. The Morgan fingerprint density at radius 2 is 1.90 bits per heavy atom. The Kier molecular flexibility index (Phi) is 6.16. The van der Waals surface area contributed by atoms with Gasteiger partial charge in [0.1, 0.15) is 28.2 Å². The number of ether oxygens (including phenoxy) is 2. The second kappa shape index (κ2) is 8.78. The third kappa shape index (κ3) is 4.03. The summed E-state index contributed by atoms with van der Waals surface area (Å²) in [5.74, 6) is 0.261. The van der Waals surface area contributed by atoms with Gasteiger partial charge in [0.2, 0.25) is 11.2 Å². The lowest BCUT2D eigenvalue weighted by molar-refractivity contribution is 0.414. The molecule has 3 aromatic rings. The summed E-state index contributed by atoms with van der Waals surface area (Å²) in [5, 5.41) is 20.8. The molecular formula is C24H24O6. The zero-order valence-electron chi connectivity index (χ0n) is 17.2. The topological polar surface area (TPSA) is 89.1 Å². The summed E-state index contributed by atoms with van der Waals surface area (Å²) in [6.45, 7) is 7.51. The predicted molar refractivity (Wildman–Crippen MR) is 116 cm³/mol. The van der Waals surface area contributed by atoms with Gasteiger partial charge in [-0.3, -0.25) is 4.79 Å². The second-order valence-corrected chi connectivity index (χ2v) is 6.96. The molecule has 0 radical (unpaired) electrons. The molecule has 0 atom stereocenters. The molecule has 0 spiro atoms. The summed E-state index contributed by atoms with van der Waals surface area (Å²) in [7, 11) is 1.56. The van der Waals surface area contributed by atoms with Gasteiger partial charge in [-0.05, 0) is 51.0 Å². The van der Waals surface area contributed by atoms with Gasteiger partial charge in [0.25, 0.3) is 0 Å². The van der Waals surface area contributed by atoms with Crippen LogP contribution < -0.4 is 14.9 Å². The van der Waals surface area contributed by atoms with Crippen molar-refractivity contribution in [1.29, 1.82) is 0 Å². The van der Waals surface area contributed by atoms with E-state index in [2.05, 4.69) is 6.58 Å². The van der Waals surface area contributed by atoms with E-state index in [0.717, 1.165) is 11.6 Å². The highest BCUT2D eigenvalue weighted by atomic mass is 16.5. The summed E-state index contributed by atoms with van der Waals surface area (Å²) in [6, 6.07) is 8.10. The van der Waals surface area contributed by atoms with E-state index in [-0.39, 0.29) is 34.0 Å². The van der Waals surface area contributed by atoms with Crippen LogP contribution in [0.15, 0.2) is 64.0 Å². The maximum Gasteiger partial charge on any atom is 0.239 e. The third-order valence-corrected chi connectivity index (χ3v) is 4.66. The fourth-order valence-electron chi connectivity index (χ4n) is 3.12. The van der Waals surface area contributed by atoms with Gasteiger partial charge in [-0.15, -0.1) is 6.58 Å². The van der Waals surface area contributed by atoms with Gasteiger partial charge in [-0.1, -0.05) is 11.6 Å². The summed E-state index contributed by atoms with van der Waals surface area (Å²) >= 11 is 0. The Balaban J connectivity index is 2.35.